The predicted octanol–water partition coefficient (Wildman–Crippen LogP) is -2.38. The van der Waals surface area contributed by atoms with Crippen LogP contribution >= 0.6 is 0 Å². The van der Waals surface area contributed by atoms with Crippen molar-refractivity contribution in [3.05, 3.63) is 0 Å². The van der Waals surface area contributed by atoms with Crippen molar-refractivity contribution in [1.29, 1.82) is 0 Å². The second kappa shape index (κ2) is 7.51. The fraction of sp³-hybridized carbons (Fsp3) is 0.818. The molecule has 0 amide bonds. The third-order valence-electron chi connectivity index (χ3n) is 2.50. The van der Waals surface area contributed by atoms with Gasteiger partial charge in [-0.25, -0.2) is 4.79 Å². The summed E-state index contributed by atoms with van der Waals surface area (Å²) in [5.74, 6) is -1.71. The maximum atomic E-state index is 11.7. The first-order valence-corrected chi connectivity index (χ1v) is 5.91. The van der Waals surface area contributed by atoms with Crippen molar-refractivity contribution in [2.24, 2.45) is 0 Å². The number of carbonyl (C=O) groups excluding carboxylic acids is 2. The van der Waals surface area contributed by atoms with Crippen LogP contribution in [0, 0.1) is 0 Å². The van der Waals surface area contributed by atoms with Crippen molar-refractivity contribution in [2.45, 2.75) is 31.3 Å². The summed E-state index contributed by atoms with van der Waals surface area (Å²) in [4.78, 5) is 23.1. The number of ether oxygens (including phenoxy) is 3. The molecule has 1 saturated heterocycles. The zero-order valence-corrected chi connectivity index (χ0v) is 10.5. The third-order valence-corrected chi connectivity index (χ3v) is 2.50. The van der Waals surface area contributed by atoms with E-state index in [1.165, 1.54) is 0 Å². The lowest BCUT2D eigenvalue weighted by Crippen LogP contribution is -2.38. The zero-order valence-electron chi connectivity index (χ0n) is 10.5. The Morgan fingerprint density at radius 2 is 2.00 bits per heavy atom. The van der Waals surface area contributed by atoms with Gasteiger partial charge < -0.3 is 29.5 Å². The molecule has 0 aromatic carbocycles. The number of rotatable bonds is 8. The van der Waals surface area contributed by atoms with Gasteiger partial charge in [-0.15, -0.1) is 0 Å². The summed E-state index contributed by atoms with van der Waals surface area (Å²) in [7, 11) is 0. The van der Waals surface area contributed by atoms with E-state index in [0.29, 0.717) is 6.61 Å². The highest BCUT2D eigenvalue weighted by Crippen LogP contribution is 2.17. The molecule has 8 heteroatoms. The molecule has 1 fully saturated rings. The summed E-state index contributed by atoms with van der Waals surface area (Å²) in [6.45, 7) is 1.23. The van der Waals surface area contributed by atoms with Gasteiger partial charge in [0.1, 0.15) is 12.2 Å². The number of hydrogen-bond donors (Lipinski definition) is 3. The molecule has 1 aliphatic heterocycles. The fourth-order valence-electron chi connectivity index (χ4n) is 1.53. The first-order chi connectivity index (χ1) is 9.01. The molecule has 0 saturated carbocycles. The highest BCUT2D eigenvalue weighted by molar-refractivity contribution is 6.09. The number of ketones is 1. The van der Waals surface area contributed by atoms with Crippen LogP contribution < -0.4 is 0 Å². The molecule has 4 unspecified atom stereocenters. The Balaban J connectivity index is 2.46. The second-order valence-corrected chi connectivity index (χ2v) is 4.04. The number of aliphatic hydroxyl groups excluding tert-OH is 3. The zero-order chi connectivity index (χ0) is 14.4. The maximum absolute atomic E-state index is 11.7. The van der Waals surface area contributed by atoms with Crippen LogP contribution in [0.3, 0.4) is 0 Å². The summed E-state index contributed by atoms with van der Waals surface area (Å²) in [6.07, 6.45) is -5.35. The molecule has 1 aliphatic rings. The number of carbonyl (C=O) groups is 2. The van der Waals surface area contributed by atoms with Gasteiger partial charge in [-0.1, -0.05) is 0 Å². The van der Waals surface area contributed by atoms with Crippen molar-refractivity contribution in [2.75, 3.05) is 26.4 Å². The summed E-state index contributed by atoms with van der Waals surface area (Å²) in [5.41, 5.74) is 0. The van der Waals surface area contributed by atoms with E-state index in [0.717, 1.165) is 0 Å². The van der Waals surface area contributed by atoms with E-state index in [1.54, 1.807) is 6.92 Å². The lowest BCUT2D eigenvalue weighted by atomic mass is 10.1. The van der Waals surface area contributed by atoms with Crippen LogP contribution in [0.2, 0.25) is 0 Å². The third kappa shape index (κ3) is 4.22. The average Bonchev–Trinajstić information content (AvgIpc) is 2.68. The van der Waals surface area contributed by atoms with Crippen molar-refractivity contribution < 1.29 is 39.1 Å². The minimum Gasteiger partial charge on any atom is -0.449 e. The van der Waals surface area contributed by atoms with Gasteiger partial charge in [0.25, 0.3) is 0 Å². The number of aliphatic hydroxyl groups is 3. The Morgan fingerprint density at radius 1 is 1.32 bits per heavy atom. The molecule has 0 aromatic rings. The van der Waals surface area contributed by atoms with Gasteiger partial charge in [-0.2, -0.15) is 0 Å². The summed E-state index contributed by atoms with van der Waals surface area (Å²) in [6, 6.07) is 0. The quantitative estimate of drug-likeness (QED) is 0.332. The van der Waals surface area contributed by atoms with Gasteiger partial charge in [-0.05, 0) is 6.92 Å². The van der Waals surface area contributed by atoms with Gasteiger partial charge in [-0.3, -0.25) is 4.79 Å². The standard InChI is InChI=1S/C11H18O8/c1-2-17-4-6(13)5-18-10-8(15)9(7(14)3-12)19-11(10)16/h6-7,9-10,12-14H,2-5H2,1H3. The van der Waals surface area contributed by atoms with Crippen molar-refractivity contribution in [3.8, 4) is 0 Å². The van der Waals surface area contributed by atoms with Gasteiger partial charge in [0, 0.05) is 6.61 Å². The Bertz CT molecular complexity index is 318. The molecule has 0 aliphatic carbocycles. The maximum Gasteiger partial charge on any atom is 0.344 e. The predicted molar refractivity (Wildman–Crippen MR) is 60.2 cm³/mol. The number of hydrogen-bond acceptors (Lipinski definition) is 8. The monoisotopic (exact) mass is 278 g/mol. The van der Waals surface area contributed by atoms with Gasteiger partial charge in [0.2, 0.25) is 11.9 Å². The molecule has 110 valence electrons. The smallest absolute Gasteiger partial charge is 0.344 e. The van der Waals surface area contributed by atoms with Crippen LogP contribution in [-0.2, 0) is 23.8 Å². The van der Waals surface area contributed by atoms with Crippen molar-refractivity contribution in [3.63, 3.8) is 0 Å². The minimum absolute atomic E-state index is 0.0230. The first-order valence-electron chi connectivity index (χ1n) is 5.91. The second-order valence-electron chi connectivity index (χ2n) is 4.04. The van der Waals surface area contributed by atoms with E-state index < -0.39 is 42.8 Å². The molecule has 0 aromatic heterocycles. The molecular formula is C11H18O8. The number of cyclic esters (lactones) is 1. The van der Waals surface area contributed by atoms with E-state index in [4.69, 9.17) is 14.6 Å². The first kappa shape index (κ1) is 16.0. The molecule has 19 heavy (non-hydrogen) atoms. The van der Waals surface area contributed by atoms with Crippen LogP contribution in [0.15, 0.2) is 0 Å². The van der Waals surface area contributed by atoms with E-state index in [-0.39, 0.29) is 13.2 Å². The Kier molecular flexibility index (Phi) is 6.32. The SMILES string of the molecule is CCOCC(O)COC1C(=O)OC(C(O)CO)C1=O. The topological polar surface area (TPSA) is 123 Å². The normalized spacial score (nSPS) is 26.3. The van der Waals surface area contributed by atoms with Crippen LogP contribution in [-0.4, -0.2) is 77.9 Å². The van der Waals surface area contributed by atoms with Crippen LogP contribution in [0.5, 0.6) is 0 Å². The van der Waals surface area contributed by atoms with Gasteiger partial charge in [0.05, 0.1) is 19.8 Å². The molecular weight excluding hydrogens is 260 g/mol. The Morgan fingerprint density at radius 3 is 2.58 bits per heavy atom. The molecule has 3 N–H and O–H groups in total. The van der Waals surface area contributed by atoms with Crippen molar-refractivity contribution >= 4 is 11.8 Å². The molecule has 0 radical (unpaired) electrons. The molecule has 1 rings (SSSR count). The number of esters is 1. The summed E-state index contributed by atoms with van der Waals surface area (Å²) < 4.78 is 14.5. The van der Waals surface area contributed by atoms with Crippen LogP contribution in [0.4, 0.5) is 0 Å². The highest BCUT2D eigenvalue weighted by atomic mass is 16.6. The largest absolute Gasteiger partial charge is 0.449 e. The van der Waals surface area contributed by atoms with Crippen molar-refractivity contribution in [1.82, 2.24) is 0 Å². The molecule has 1 heterocycles. The van der Waals surface area contributed by atoms with Crippen LogP contribution in [0.25, 0.3) is 0 Å². The molecule has 0 bridgehead atoms. The van der Waals surface area contributed by atoms with Gasteiger partial charge >= 0.3 is 5.97 Å². The van der Waals surface area contributed by atoms with Gasteiger partial charge in [0.15, 0.2) is 6.10 Å². The summed E-state index contributed by atoms with van der Waals surface area (Å²) >= 11 is 0. The Labute approximate surface area is 109 Å². The van der Waals surface area contributed by atoms with E-state index in [9.17, 15) is 19.8 Å². The molecule has 8 nitrogen and oxygen atoms in total. The minimum atomic E-state index is -1.48. The molecule has 0 spiro atoms. The Hall–Kier alpha value is -1.06. The van der Waals surface area contributed by atoms with Crippen LogP contribution in [0.1, 0.15) is 6.92 Å². The van der Waals surface area contributed by atoms with E-state index in [2.05, 4.69) is 4.74 Å². The average molecular weight is 278 g/mol. The molecule has 4 atom stereocenters. The lowest BCUT2D eigenvalue weighted by Gasteiger charge is -2.13. The van der Waals surface area contributed by atoms with E-state index >= 15 is 0 Å². The summed E-state index contributed by atoms with van der Waals surface area (Å²) in [5, 5.41) is 27.4. The highest BCUT2D eigenvalue weighted by Gasteiger charge is 2.47. The lowest BCUT2D eigenvalue weighted by molar-refractivity contribution is -0.154. The fourth-order valence-corrected chi connectivity index (χ4v) is 1.53. The number of Topliss-reactive ketones (excluding diaryl/α,β-unsaturated/α-hetero) is 1. The van der Waals surface area contributed by atoms with E-state index in [1.807, 2.05) is 0 Å².